The van der Waals surface area contributed by atoms with E-state index in [1.165, 1.54) is 13.8 Å². The molecule has 2 aliphatic rings. The van der Waals surface area contributed by atoms with Crippen LogP contribution in [0.5, 0.6) is 0 Å². The maximum atomic E-state index is 13.5. The molecule has 8 amide bonds. The fraction of sp³-hybridized carbons (Fsp3) is 0.750. The Kier molecular flexibility index (Phi) is 25.6. The molecular weight excluding hydrogens is 958 g/mol. The standard InChI is InChI=1S/C40H67N9O22/c1-15(34(60)48-20(33(42)59)8-9-25(55)47-21(36(62)49-22(12-50)38(65)66)7-5-6-10-43-26(56)11-19(41)37(63)64)44-35(61)16(2)68-32-28(46-18(4)54)39(67)69-24(14-52)31(32)71-40-27(45-17(3)53)30(58)29(57)23(13-51)70-40/h15-16,19-24,27-32,39-40,50-52,57-58,67H,5-14,41H2,1-4H3,(H2,42,59)(H,43,56)(H,44,61)(H,45,53)(H,46,54)(H,47,55)(H,48,60)(H,49,62)(H,63,64)(H,65,66). The predicted octanol–water partition coefficient (Wildman–Crippen LogP) is -9.31. The molecule has 0 aromatic carbocycles. The molecule has 2 fully saturated rings. The van der Waals surface area contributed by atoms with Gasteiger partial charge in [0.05, 0.1) is 26.2 Å². The monoisotopic (exact) mass is 1030 g/mol. The Balaban J connectivity index is 2.18. The molecule has 2 saturated heterocycles. The first kappa shape index (κ1) is 61.4. The smallest absolute Gasteiger partial charge is 0.328 e. The quantitative estimate of drug-likeness (QED) is 0.0309. The molecule has 0 saturated carbocycles. The molecule has 2 aliphatic heterocycles. The van der Waals surface area contributed by atoms with Crippen molar-refractivity contribution < 1.29 is 108 Å². The average molecular weight is 1030 g/mol. The minimum absolute atomic E-state index is 0.0114. The van der Waals surface area contributed by atoms with Gasteiger partial charge in [-0.2, -0.15) is 0 Å². The molecule has 16 unspecified atom stereocenters. The van der Waals surface area contributed by atoms with Crippen LogP contribution in [0.4, 0.5) is 0 Å². The Hall–Kier alpha value is -5.74. The van der Waals surface area contributed by atoms with Crippen LogP contribution in [0.3, 0.4) is 0 Å². The van der Waals surface area contributed by atoms with Gasteiger partial charge in [0.1, 0.15) is 85.0 Å². The molecule has 2 heterocycles. The number of carboxylic acid groups (broad SMARTS) is 2. The number of aliphatic carboxylic acids is 2. The third-order valence-corrected chi connectivity index (χ3v) is 11.0. The van der Waals surface area contributed by atoms with E-state index in [1.807, 2.05) is 0 Å². The number of hydrogen-bond donors (Lipinski definition) is 17. The average Bonchev–Trinajstić information content (AvgIpc) is 3.29. The van der Waals surface area contributed by atoms with Crippen molar-refractivity contribution in [3.63, 3.8) is 0 Å². The summed E-state index contributed by atoms with van der Waals surface area (Å²) in [7, 11) is 0. The highest BCUT2D eigenvalue weighted by Crippen LogP contribution is 2.31. The number of nitrogens with two attached hydrogens (primary N) is 2. The van der Waals surface area contributed by atoms with Gasteiger partial charge in [-0.15, -0.1) is 0 Å². The first-order valence-electron chi connectivity index (χ1n) is 22.3. The zero-order chi connectivity index (χ0) is 53.9. The van der Waals surface area contributed by atoms with Crippen LogP contribution in [-0.4, -0.2) is 224 Å². The third-order valence-electron chi connectivity index (χ3n) is 11.0. The first-order chi connectivity index (χ1) is 33.3. The lowest BCUT2D eigenvalue weighted by molar-refractivity contribution is -0.333. The van der Waals surface area contributed by atoms with Gasteiger partial charge in [0, 0.05) is 26.8 Å². The molecule has 71 heavy (non-hydrogen) atoms. The highest BCUT2D eigenvalue weighted by molar-refractivity contribution is 5.93. The van der Waals surface area contributed by atoms with E-state index in [-0.39, 0.29) is 25.8 Å². The molecule has 0 spiro atoms. The number of carbonyl (C=O) groups is 10. The number of aliphatic hydroxyl groups is 6. The molecule has 16 atom stereocenters. The number of hydrogen-bond acceptors (Lipinski definition) is 21. The maximum Gasteiger partial charge on any atom is 0.328 e. The zero-order valence-corrected chi connectivity index (χ0v) is 39.3. The Morgan fingerprint density at radius 1 is 0.662 bits per heavy atom. The van der Waals surface area contributed by atoms with Crippen molar-refractivity contribution in [3.8, 4) is 0 Å². The second-order valence-corrected chi connectivity index (χ2v) is 16.7. The molecule has 0 aromatic heterocycles. The number of aliphatic hydroxyl groups excluding tert-OH is 6. The van der Waals surface area contributed by atoms with Crippen LogP contribution in [0, 0.1) is 0 Å². The second kappa shape index (κ2) is 29.6. The van der Waals surface area contributed by atoms with Crippen molar-refractivity contribution >= 4 is 59.2 Å². The largest absolute Gasteiger partial charge is 0.480 e. The van der Waals surface area contributed by atoms with Gasteiger partial charge in [0.15, 0.2) is 12.6 Å². The number of ether oxygens (including phenoxy) is 4. The summed E-state index contributed by atoms with van der Waals surface area (Å²) in [6, 6.07) is -10.7. The molecule has 0 aromatic rings. The van der Waals surface area contributed by atoms with Crippen LogP contribution in [0.2, 0.25) is 0 Å². The van der Waals surface area contributed by atoms with Crippen LogP contribution < -0.4 is 48.7 Å². The van der Waals surface area contributed by atoms with Crippen LogP contribution in [0.25, 0.3) is 0 Å². The summed E-state index contributed by atoms with van der Waals surface area (Å²) in [5, 5.41) is 96.0. The molecule has 0 aliphatic carbocycles. The lowest BCUT2D eigenvalue weighted by Crippen LogP contribution is -2.70. The van der Waals surface area contributed by atoms with E-state index in [9.17, 15) is 83.7 Å². The fourth-order valence-electron chi connectivity index (χ4n) is 7.13. The van der Waals surface area contributed by atoms with Crippen LogP contribution in [0.1, 0.15) is 66.2 Å². The van der Waals surface area contributed by atoms with Gasteiger partial charge in [-0.25, -0.2) is 4.79 Å². The molecule has 2 rings (SSSR count). The zero-order valence-electron chi connectivity index (χ0n) is 39.3. The van der Waals surface area contributed by atoms with Crippen molar-refractivity contribution in [2.45, 2.75) is 164 Å². The summed E-state index contributed by atoms with van der Waals surface area (Å²) < 4.78 is 23.1. The summed E-state index contributed by atoms with van der Waals surface area (Å²) >= 11 is 0. The first-order valence-corrected chi connectivity index (χ1v) is 22.3. The van der Waals surface area contributed by atoms with Crippen LogP contribution in [0.15, 0.2) is 0 Å². The summed E-state index contributed by atoms with van der Waals surface area (Å²) in [5.74, 6) is -10.1. The number of carbonyl (C=O) groups excluding carboxylic acids is 8. The minimum atomic E-state index is -1.91. The van der Waals surface area contributed by atoms with Crippen molar-refractivity contribution in [1.29, 1.82) is 0 Å². The minimum Gasteiger partial charge on any atom is -0.480 e. The highest BCUT2D eigenvalue weighted by Gasteiger charge is 2.53. The van der Waals surface area contributed by atoms with Crippen molar-refractivity contribution in [1.82, 2.24) is 37.2 Å². The summed E-state index contributed by atoms with van der Waals surface area (Å²) in [5.41, 5.74) is 10.8. The van der Waals surface area contributed by atoms with E-state index in [4.69, 9.17) is 35.5 Å². The number of carboxylic acids is 2. The summed E-state index contributed by atoms with van der Waals surface area (Å²) in [4.78, 5) is 124. The highest BCUT2D eigenvalue weighted by atomic mass is 16.7. The normalized spacial score (nSPS) is 26.6. The number of rotatable bonds is 29. The lowest BCUT2D eigenvalue weighted by atomic mass is 9.94. The summed E-state index contributed by atoms with van der Waals surface area (Å²) in [6.07, 6.45) is -16.3. The molecular formula is C40H67N9O22. The topological polar surface area (TPSA) is 506 Å². The molecule has 19 N–H and O–H groups in total. The van der Waals surface area contributed by atoms with Gasteiger partial charge in [-0.3, -0.25) is 43.2 Å². The van der Waals surface area contributed by atoms with E-state index >= 15 is 0 Å². The number of primary amides is 1. The van der Waals surface area contributed by atoms with Gasteiger partial charge in [-0.1, -0.05) is 0 Å². The fourth-order valence-corrected chi connectivity index (χ4v) is 7.13. The molecule has 404 valence electrons. The Morgan fingerprint density at radius 3 is 1.82 bits per heavy atom. The maximum absolute atomic E-state index is 13.5. The molecule has 31 heteroatoms. The van der Waals surface area contributed by atoms with E-state index < -0.39 is 196 Å². The van der Waals surface area contributed by atoms with Gasteiger partial charge < -0.3 is 108 Å². The lowest BCUT2D eigenvalue weighted by Gasteiger charge is -2.48. The predicted molar refractivity (Wildman–Crippen MR) is 234 cm³/mol. The second-order valence-electron chi connectivity index (χ2n) is 16.7. The molecule has 0 bridgehead atoms. The SMILES string of the molecule is CC(=O)NC1C(OC2C(CO)OC(O)C(NC(C)=O)C2OC(C)C(=O)NC(C)C(=O)NC(CCC(=O)NC(CCCCNC(=O)CC(N)C(=O)O)C(=O)NC(CO)C(=O)O)C(N)=O)OC(CO)C(O)C1O. The van der Waals surface area contributed by atoms with Gasteiger partial charge in [0.25, 0.3) is 0 Å². The number of nitrogens with one attached hydrogen (secondary N) is 7. The van der Waals surface area contributed by atoms with E-state index in [0.717, 1.165) is 13.8 Å². The Bertz CT molecular complexity index is 1870. The number of unbranched alkanes of at least 4 members (excludes halogenated alkanes) is 1. The van der Waals surface area contributed by atoms with Gasteiger partial charge >= 0.3 is 11.9 Å². The summed E-state index contributed by atoms with van der Waals surface area (Å²) in [6.45, 7) is 1.79. The molecule has 0 radical (unpaired) electrons. The van der Waals surface area contributed by atoms with Gasteiger partial charge in [-0.05, 0) is 39.5 Å². The van der Waals surface area contributed by atoms with Crippen molar-refractivity contribution in [2.75, 3.05) is 26.4 Å². The van der Waals surface area contributed by atoms with Crippen LogP contribution in [-0.2, 0) is 66.9 Å². The van der Waals surface area contributed by atoms with Gasteiger partial charge in [0.2, 0.25) is 47.3 Å². The Morgan fingerprint density at radius 2 is 1.27 bits per heavy atom. The third kappa shape index (κ3) is 19.4. The Labute approximate surface area is 405 Å². The van der Waals surface area contributed by atoms with E-state index in [0.29, 0.717) is 0 Å². The number of amides is 8. The van der Waals surface area contributed by atoms with Crippen molar-refractivity contribution in [3.05, 3.63) is 0 Å². The molecule has 31 nitrogen and oxygen atoms in total. The van der Waals surface area contributed by atoms with E-state index in [1.54, 1.807) is 0 Å². The van der Waals surface area contributed by atoms with E-state index in [2.05, 4.69) is 37.2 Å². The van der Waals surface area contributed by atoms with Crippen molar-refractivity contribution in [2.24, 2.45) is 11.5 Å². The van der Waals surface area contributed by atoms with Crippen LogP contribution >= 0.6 is 0 Å².